The quantitative estimate of drug-likeness (QED) is 0.693. The second-order valence-corrected chi connectivity index (χ2v) is 8.80. The molecule has 2 fully saturated rings. The summed E-state index contributed by atoms with van der Waals surface area (Å²) >= 11 is 0. The van der Waals surface area contributed by atoms with Gasteiger partial charge in [0.1, 0.15) is 6.10 Å². The van der Waals surface area contributed by atoms with Crippen LogP contribution in [0.25, 0.3) is 0 Å². The van der Waals surface area contributed by atoms with Crippen LogP contribution in [0.15, 0.2) is 18.3 Å². The number of anilines is 1. The van der Waals surface area contributed by atoms with Gasteiger partial charge in [-0.1, -0.05) is 0 Å². The Hall–Kier alpha value is -2.36. The lowest BCUT2D eigenvalue weighted by molar-refractivity contribution is -0.134. The minimum absolute atomic E-state index is 0.0145. The van der Waals surface area contributed by atoms with Crippen LogP contribution >= 0.6 is 0 Å². The van der Waals surface area contributed by atoms with Gasteiger partial charge in [0.2, 0.25) is 27.7 Å². The molecule has 1 aliphatic carbocycles. The summed E-state index contributed by atoms with van der Waals surface area (Å²) in [5.41, 5.74) is 0.424. The number of pyridine rings is 1. The number of hydrogen-bond acceptors (Lipinski definition) is 6. The van der Waals surface area contributed by atoms with Gasteiger partial charge in [-0.15, -0.1) is 0 Å². The number of carbonyl (C=O) groups excluding carboxylic acids is 2. The summed E-state index contributed by atoms with van der Waals surface area (Å²) < 4.78 is 32.2. The molecule has 2 heterocycles. The normalized spacial score (nSPS) is 18.0. The molecule has 1 aromatic heterocycles. The van der Waals surface area contributed by atoms with Gasteiger partial charge in [0, 0.05) is 38.9 Å². The third-order valence-corrected chi connectivity index (χ3v) is 6.40. The number of nitrogens with one attached hydrogen (secondary N) is 2. The largest absolute Gasteiger partial charge is 0.474 e. The lowest BCUT2D eigenvalue weighted by Crippen LogP contribution is -2.45. The Bertz CT molecular complexity index is 784. The summed E-state index contributed by atoms with van der Waals surface area (Å²) in [7, 11) is -3.30. The molecule has 27 heavy (non-hydrogen) atoms. The summed E-state index contributed by atoms with van der Waals surface area (Å²) in [6.45, 7) is 2.51. The predicted octanol–water partition coefficient (Wildman–Crippen LogP) is 0.492. The molecule has 1 saturated carbocycles. The smallest absolute Gasteiger partial charge is 0.241 e. The van der Waals surface area contributed by atoms with Crippen molar-refractivity contribution in [3.63, 3.8) is 0 Å². The fourth-order valence-corrected chi connectivity index (χ4v) is 4.21. The molecule has 148 valence electrons. The highest BCUT2D eigenvalue weighted by Gasteiger charge is 2.35. The number of ether oxygens (including phenoxy) is 1. The first kappa shape index (κ1) is 19.4. The number of amides is 2. The number of sulfonamides is 1. The van der Waals surface area contributed by atoms with Crippen molar-refractivity contribution in [1.29, 1.82) is 0 Å². The van der Waals surface area contributed by atoms with E-state index in [1.54, 1.807) is 17.0 Å². The molecule has 9 nitrogen and oxygen atoms in total. The van der Waals surface area contributed by atoms with Gasteiger partial charge in [0.15, 0.2) is 0 Å². The van der Waals surface area contributed by atoms with Crippen LogP contribution in [0, 0.1) is 0 Å². The lowest BCUT2D eigenvalue weighted by atomic mass is 10.1. The first-order valence-electron chi connectivity index (χ1n) is 9.00. The SMILES string of the molecule is CC(=O)NCC(=O)N1CCC(Oc2ccc(NS(=O)(=O)C3CC3)cn2)CC1. The standard InChI is InChI=1S/C17H24N4O5S/c1-12(22)18-11-17(23)21-8-6-14(7-9-21)26-16-5-2-13(10-19-16)20-27(24,25)15-3-4-15/h2,5,10,14-15,20H,3-4,6-9,11H2,1H3,(H,18,22). The van der Waals surface area contributed by atoms with E-state index in [9.17, 15) is 18.0 Å². The number of rotatable bonds is 7. The Balaban J connectivity index is 1.45. The summed E-state index contributed by atoms with van der Waals surface area (Å²) in [6.07, 6.45) is 4.14. The van der Waals surface area contributed by atoms with Crippen LogP contribution in [-0.2, 0) is 19.6 Å². The van der Waals surface area contributed by atoms with E-state index in [0.717, 1.165) is 0 Å². The van der Waals surface area contributed by atoms with Crippen LogP contribution in [0.4, 0.5) is 5.69 Å². The molecule has 1 aliphatic heterocycles. The first-order valence-corrected chi connectivity index (χ1v) is 10.5. The van der Waals surface area contributed by atoms with Crippen molar-refractivity contribution in [2.45, 2.75) is 44.0 Å². The minimum atomic E-state index is -3.30. The Morgan fingerprint density at radius 2 is 1.93 bits per heavy atom. The highest BCUT2D eigenvalue weighted by Crippen LogP contribution is 2.29. The Labute approximate surface area is 158 Å². The molecule has 0 spiro atoms. The maximum absolute atomic E-state index is 12.0. The molecular weight excluding hydrogens is 372 g/mol. The Morgan fingerprint density at radius 3 is 2.48 bits per heavy atom. The molecule has 0 radical (unpaired) electrons. The van der Waals surface area contributed by atoms with Gasteiger partial charge in [-0.05, 0) is 18.9 Å². The summed E-state index contributed by atoms with van der Waals surface area (Å²) in [4.78, 5) is 28.7. The van der Waals surface area contributed by atoms with Gasteiger partial charge in [0.25, 0.3) is 0 Å². The van der Waals surface area contributed by atoms with Crippen molar-refractivity contribution in [2.75, 3.05) is 24.4 Å². The minimum Gasteiger partial charge on any atom is -0.474 e. The molecule has 0 bridgehead atoms. The van der Waals surface area contributed by atoms with Crippen LogP contribution < -0.4 is 14.8 Å². The molecule has 0 unspecified atom stereocenters. The van der Waals surface area contributed by atoms with Gasteiger partial charge < -0.3 is 15.0 Å². The highest BCUT2D eigenvalue weighted by atomic mass is 32.2. The number of carbonyl (C=O) groups is 2. The maximum atomic E-state index is 12.0. The average molecular weight is 396 g/mol. The van der Waals surface area contributed by atoms with E-state index in [1.807, 2.05) is 0 Å². The Morgan fingerprint density at radius 1 is 1.22 bits per heavy atom. The third kappa shape index (κ3) is 5.56. The molecule has 1 saturated heterocycles. The molecular formula is C17H24N4O5S. The van der Waals surface area contributed by atoms with Crippen LogP contribution in [0.2, 0.25) is 0 Å². The third-order valence-electron chi connectivity index (χ3n) is 4.53. The number of aromatic nitrogens is 1. The average Bonchev–Trinajstić information content (AvgIpc) is 3.47. The highest BCUT2D eigenvalue weighted by molar-refractivity contribution is 7.93. The van der Waals surface area contributed by atoms with E-state index < -0.39 is 10.0 Å². The Kier molecular flexibility index (Phi) is 5.83. The van der Waals surface area contributed by atoms with Crippen LogP contribution in [-0.4, -0.2) is 61.1 Å². The van der Waals surface area contributed by atoms with E-state index in [2.05, 4.69) is 15.0 Å². The van der Waals surface area contributed by atoms with Crippen LogP contribution in [0.5, 0.6) is 5.88 Å². The second-order valence-electron chi connectivity index (χ2n) is 6.84. The zero-order valence-electron chi connectivity index (χ0n) is 15.2. The lowest BCUT2D eigenvalue weighted by Gasteiger charge is -2.32. The topological polar surface area (TPSA) is 118 Å². The van der Waals surface area contributed by atoms with Crippen molar-refractivity contribution in [2.24, 2.45) is 0 Å². The number of likely N-dealkylation sites (tertiary alicyclic amines) is 1. The molecule has 0 atom stereocenters. The second kappa shape index (κ2) is 8.12. The van der Waals surface area contributed by atoms with Gasteiger partial charge in [0.05, 0.1) is 23.7 Å². The number of hydrogen-bond donors (Lipinski definition) is 2. The molecule has 1 aromatic rings. The molecule has 0 aromatic carbocycles. The molecule has 2 amide bonds. The summed E-state index contributed by atoms with van der Waals surface area (Å²) in [5, 5.41) is 2.22. The van der Waals surface area contributed by atoms with Crippen molar-refractivity contribution in [3.05, 3.63) is 18.3 Å². The molecule has 2 N–H and O–H groups in total. The fraction of sp³-hybridized carbons (Fsp3) is 0.588. The number of piperidine rings is 1. The van der Waals surface area contributed by atoms with Crippen LogP contribution in [0.3, 0.4) is 0 Å². The summed E-state index contributed by atoms with van der Waals surface area (Å²) in [6, 6.07) is 3.27. The zero-order chi connectivity index (χ0) is 19.4. The van der Waals surface area contributed by atoms with E-state index in [0.29, 0.717) is 50.3 Å². The van der Waals surface area contributed by atoms with Crippen molar-refractivity contribution in [1.82, 2.24) is 15.2 Å². The van der Waals surface area contributed by atoms with Crippen LogP contribution in [0.1, 0.15) is 32.6 Å². The van der Waals surface area contributed by atoms with E-state index in [1.165, 1.54) is 13.1 Å². The molecule has 3 rings (SSSR count). The van der Waals surface area contributed by atoms with E-state index in [-0.39, 0.29) is 29.7 Å². The first-order chi connectivity index (χ1) is 12.8. The van der Waals surface area contributed by atoms with Crippen molar-refractivity contribution >= 4 is 27.5 Å². The van der Waals surface area contributed by atoms with Gasteiger partial charge in [-0.25, -0.2) is 13.4 Å². The maximum Gasteiger partial charge on any atom is 0.241 e. The van der Waals surface area contributed by atoms with E-state index >= 15 is 0 Å². The monoisotopic (exact) mass is 396 g/mol. The zero-order valence-corrected chi connectivity index (χ0v) is 16.0. The predicted molar refractivity (Wildman–Crippen MR) is 98.7 cm³/mol. The van der Waals surface area contributed by atoms with Gasteiger partial charge in [-0.3, -0.25) is 14.3 Å². The summed E-state index contributed by atoms with van der Waals surface area (Å²) in [5.74, 6) is 0.0944. The fourth-order valence-electron chi connectivity index (χ4n) is 2.84. The van der Waals surface area contributed by atoms with Crippen molar-refractivity contribution < 1.29 is 22.7 Å². The van der Waals surface area contributed by atoms with Gasteiger partial charge >= 0.3 is 0 Å². The molecule has 2 aliphatic rings. The molecule has 10 heteroatoms. The number of nitrogens with zero attached hydrogens (tertiary/aromatic N) is 2. The van der Waals surface area contributed by atoms with E-state index in [4.69, 9.17) is 4.74 Å². The van der Waals surface area contributed by atoms with Gasteiger partial charge in [-0.2, -0.15) is 0 Å². The van der Waals surface area contributed by atoms with Crippen molar-refractivity contribution in [3.8, 4) is 5.88 Å².